The molecule has 0 aromatic heterocycles. The second-order valence-corrected chi connectivity index (χ2v) is 6.62. The van der Waals surface area contributed by atoms with Gasteiger partial charge < -0.3 is 15.0 Å². The molecular weight excluding hydrogens is 246 g/mol. The van der Waals surface area contributed by atoms with Crippen LogP contribution in [0.4, 0.5) is 0 Å². The van der Waals surface area contributed by atoms with E-state index in [1.54, 1.807) is 7.11 Å². The predicted octanol–water partition coefficient (Wildman–Crippen LogP) is 1.81. The van der Waals surface area contributed by atoms with Gasteiger partial charge in [-0.1, -0.05) is 6.92 Å². The van der Waals surface area contributed by atoms with Crippen LogP contribution in [-0.2, 0) is 4.74 Å². The maximum Gasteiger partial charge on any atom is 0.193 e. The van der Waals surface area contributed by atoms with Crippen molar-refractivity contribution in [3.63, 3.8) is 0 Å². The van der Waals surface area contributed by atoms with Crippen LogP contribution in [0.25, 0.3) is 0 Å². The molecule has 1 aliphatic heterocycles. The molecule has 0 aromatic carbocycles. The van der Waals surface area contributed by atoms with Gasteiger partial charge in [-0.2, -0.15) is 11.8 Å². The van der Waals surface area contributed by atoms with Crippen LogP contribution < -0.4 is 5.32 Å². The fourth-order valence-corrected chi connectivity index (χ4v) is 3.04. The van der Waals surface area contributed by atoms with Gasteiger partial charge in [0.15, 0.2) is 5.96 Å². The number of hydrogen-bond donors (Lipinski definition) is 1. The van der Waals surface area contributed by atoms with Crippen molar-refractivity contribution < 1.29 is 4.74 Å². The fourth-order valence-electron chi connectivity index (χ4n) is 1.86. The third-order valence-electron chi connectivity index (χ3n) is 3.33. The zero-order valence-electron chi connectivity index (χ0n) is 12.3. The van der Waals surface area contributed by atoms with Gasteiger partial charge in [0.05, 0.1) is 5.60 Å². The Bertz CT molecular complexity index is 281. The van der Waals surface area contributed by atoms with Crippen LogP contribution >= 0.6 is 11.8 Å². The minimum Gasteiger partial charge on any atom is -0.377 e. The molecule has 1 rings (SSSR count). The molecule has 106 valence electrons. The van der Waals surface area contributed by atoms with Crippen LogP contribution in [0.5, 0.6) is 0 Å². The average Bonchev–Trinajstić information content (AvgIpc) is 2.39. The Balaban J connectivity index is 2.51. The lowest BCUT2D eigenvalue weighted by molar-refractivity contribution is 0.0263. The number of guanidine groups is 1. The lowest BCUT2D eigenvalue weighted by atomic mass is 10.1. The molecule has 1 aliphatic rings. The lowest BCUT2D eigenvalue weighted by Crippen LogP contribution is -2.51. The number of rotatable bonds is 4. The first-order valence-electron chi connectivity index (χ1n) is 6.64. The van der Waals surface area contributed by atoms with E-state index in [9.17, 15) is 0 Å². The molecule has 5 heteroatoms. The van der Waals surface area contributed by atoms with Gasteiger partial charge in [0.25, 0.3) is 0 Å². The molecule has 18 heavy (non-hydrogen) atoms. The van der Waals surface area contributed by atoms with Gasteiger partial charge in [0, 0.05) is 44.8 Å². The maximum absolute atomic E-state index is 5.42. The second kappa shape index (κ2) is 7.24. The molecule has 0 aliphatic carbocycles. The van der Waals surface area contributed by atoms with Crippen molar-refractivity contribution in [3.8, 4) is 0 Å². The topological polar surface area (TPSA) is 36.9 Å². The number of nitrogens with one attached hydrogen (secondary N) is 1. The third kappa shape index (κ3) is 4.69. The van der Waals surface area contributed by atoms with E-state index in [4.69, 9.17) is 4.74 Å². The van der Waals surface area contributed by atoms with Crippen molar-refractivity contribution in [2.75, 3.05) is 39.5 Å². The molecule has 1 heterocycles. The molecule has 0 radical (unpaired) electrons. The number of aliphatic imine (C=N–C) groups is 1. The van der Waals surface area contributed by atoms with Crippen molar-refractivity contribution in [1.29, 1.82) is 0 Å². The maximum atomic E-state index is 5.42. The summed E-state index contributed by atoms with van der Waals surface area (Å²) in [5.41, 5.74) is -0.162. The number of hydrogen-bond acceptors (Lipinski definition) is 3. The molecule has 0 aromatic rings. The van der Waals surface area contributed by atoms with E-state index >= 15 is 0 Å². The number of ether oxygens (including phenoxy) is 1. The summed E-state index contributed by atoms with van der Waals surface area (Å²) in [5.74, 6) is 2.19. The highest BCUT2D eigenvalue weighted by Gasteiger charge is 2.23. The fraction of sp³-hybridized carbons (Fsp3) is 0.923. The largest absolute Gasteiger partial charge is 0.377 e. The second-order valence-electron chi connectivity index (χ2n) is 5.21. The predicted molar refractivity (Wildman–Crippen MR) is 80.6 cm³/mol. The van der Waals surface area contributed by atoms with E-state index in [1.165, 1.54) is 12.2 Å². The minimum absolute atomic E-state index is 0.162. The third-order valence-corrected chi connectivity index (χ3v) is 4.70. The molecule has 0 bridgehead atoms. The Morgan fingerprint density at radius 3 is 2.83 bits per heavy atom. The monoisotopic (exact) mass is 273 g/mol. The van der Waals surface area contributed by atoms with Crippen molar-refractivity contribution in [3.05, 3.63) is 0 Å². The molecule has 1 saturated heterocycles. The highest BCUT2D eigenvalue weighted by Crippen LogP contribution is 2.21. The Morgan fingerprint density at radius 1 is 1.56 bits per heavy atom. The molecular formula is C13H27N3OS. The molecule has 0 spiro atoms. The van der Waals surface area contributed by atoms with Gasteiger partial charge >= 0.3 is 0 Å². The van der Waals surface area contributed by atoms with Crippen molar-refractivity contribution in [2.24, 2.45) is 4.99 Å². The lowest BCUT2D eigenvalue weighted by Gasteiger charge is -2.35. The molecule has 4 nitrogen and oxygen atoms in total. The number of thioether (sulfide) groups is 1. The van der Waals surface area contributed by atoms with Crippen LogP contribution in [0.1, 0.15) is 27.2 Å². The van der Waals surface area contributed by atoms with Crippen LogP contribution in [0.2, 0.25) is 0 Å². The normalized spacial score (nSPS) is 22.2. The van der Waals surface area contributed by atoms with Gasteiger partial charge in [-0.25, -0.2) is 0 Å². The minimum atomic E-state index is -0.162. The van der Waals surface area contributed by atoms with E-state index < -0.39 is 0 Å². The molecule has 1 N–H and O–H groups in total. The van der Waals surface area contributed by atoms with Gasteiger partial charge in [0.2, 0.25) is 0 Å². The summed E-state index contributed by atoms with van der Waals surface area (Å²) in [6.07, 6.45) is 1.22. The van der Waals surface area contributed by atoms with Gasteiger partial charge in [-0.3, -0.25) is 4.99 Å². The van der Waals surface area contributed by atoms with Gasteiger partial charge in [-0.15, -0.1) is 0 Å². The van der Waals surface area contributed by atoms with E-state index in [0.29, 0.717) is 0 Å². The Morgan fingerprint density at radius 2 is 2.28 bits per heavy atom. The summed E-state index contributed by atoms with van der Waals surface area (Å²) in [4.78, 5) is 6.74. The van der Waals surface area contributed by atoms with E-state index in [-0.39, 0.29) is 5.60 Å². The summed E-state index contributed by atoms with van der Waals surface area (Å²) in [6.45, 7) is 9.35. The molecule has 0 amide bonds. The van der Waals surface area contributed by atoms with Crippen molar-refractivity contribution in [1.82, 2.24) is 10.2 Å². The Kier molecular flexibility index (Phi) is 6.29. The quantitative estimate of drug-likeness (QED) is 0.626. The highest BCUT2D eigenvalue weighted by molar-refractivity contribution is 8.00. The summed E-state index contributed by atoms with van der Waals surface area (Å²) < 4.78 is 5.42. The Hall–Kier alpha value is -0.420. The Labute approximate surface area is 116 Å². The number of methoxy groups -OCH3 is 1. The molecule has 1 atom stereocenters. The molecule has 1 unspecified atom stereocenters. The van der Waals surface area contributed by atoms with Crippen LogP contribution in [0.15, 0.2) is 4.99 Å². The summed E-state index contributed by atoms with van der Waals surface area (Å²) >= 11 is 2.07. The van der Waals surface area contributed by atoms with E-state index in [1.807, 2.05) is 7.05 Å². The summed E-state index contributed by atoms with van der Waals surface area (Å²) in [6, 6.07) is 0. The van der Waals surface area contributed by atoms with E-state index in [2.05, 4.69) is 47.7 Å². The van der Waals surface area contributed by atoms with E-state index in [0.717, 1.165) is 30.8 Å². The average molecular weight is 273 g/mol. The van der Waals surface area contributed by atoms with Crippen LogP contribution in [0.3, 0.4) is 0 Å². The first kappa shape index (κ1) is 15.6. The van der Waals surface area contributed by atoms with Gasteiger partial charge in [0.1, 0.15) is 0 Å². The molecule has 0 saturated carbocycles. The van der Waals surface area contributed by atoms with Crippen LogP contribution in [0, 0.1) is 0 Å². The van der Waals surface area contributed by atoms with Crippen molar-refractivity contribution in [2.45, 2.75) is 38.0 Å². The smallest absolute Gasteiger partial charge is 0.193 e. The zero-order chi connectivity index (χ0) is 13.6. The van der Waals surface area contributed by atoms with Crippen molar-refractivity contribution >= 4 is 17.7 Å². The highest BCUT2D eigenvalue weighted by atomic mass is 32.2. The number of nitrogens with zero attached hydrogens (tertiary/aromatic N) is 2. The first-order chi connectivity index (χ1) is 8.52. The SMILES string of the molecule is CCC1CN(C(=NC)NCC(C)(C)OC)CCS1. The van der Waals surface area contributed by atoms with Crippen LogP contribution in [-0.4, -0.2) is 61.3 Å². The standard InChI is InChI=1S/C13H27N3OS/c1-6-11-9-16(7-8-18-11)12(14-4)15-10-13(2,3)17-5/h11H,6-10H2,1-5H3,(H,14,15). The zero-order valence-corrected chi connectivity index (χ0v) is 13.1. The molecule has 1 fully saturated rings. The van der Waals surface area contributed by atoms with Gasteiger partial charge in [-0.05, 0) is 20.3 Å². The first-order valence-corrected chi connectivity index (χ1v) is 7.69. The summed E-state index contributed by atoms with van der Waals surface area (Å²) in [5, 5.41) is 4.15. The summed E-state index contributed by atoms with van der Waals surface area (Å²) in [7, 11) is 3.60.